The van der Waals surface area contributed by atoms with Gasteiger partial charge >= 0.3 is 7.12 Å². The van der Waals surface area contributed by atoms with Crippen molar-refractivity contribution in [3.63, 3.8) is 0 Å². The molecule has 4 heteroatoms. The Labute approximate surface area is 109 Å². The third-order valence-electron chi connectivity index (χ3n) is 3.86. The van der Waals surface area contributed by atoms with Gasteiger partial charge in [0.2, 0.25) is 0 Å². The molecule has 0 spiro atoms. The van der Waals surface area contributed by atoms with Crippen LogP contribution in [0.3, 0.4) is 0 Å². The Kier molecular flexibility index (Phi) is 3.12. The summed E-state index contributed by atoms with van der Waals surface area (Å²) < 4.78 is 12.0. The molecule has 1 saturated heterocycles. The van der Waals surface area contributed by atoms with E-state index in [2.05, 4.69) is 11.6 Å². The van der Waals surface area contributed by atoms with E-state index in [0.717, 1.165) is 16.9 Å². The summed E-state index contributed by atoms with van der Waals surface area (Å²) in [6, 6.07) is 3.93. The third-order valence-corrected chi connectivity index (χ3v) is 3.86. The van der Waals surface area contributed by atoms with Crippen molar-refractivity contribution in [1.82, 2.24) is 4.98 Å². The molecule has 0 aliphatic carbocycles. The van der Waals surface area contributed by atoms with Crippen molar-refractivity contribution in [2.45, 2.75) is 45.8 Å². The molecular weight excluding hydrogens is 225 g/mol. The number of hydrogen-bond donors (Lipinski definition) is 0. The van der Waals surface area contributed by atoms with Gasteiger partial charge in [-0.3, -0.25) is 4.98 Å². The highest BCUT2D eigenvalue weighted by atomic mass is 16.7. The zero-order chi connectivity index (χ0) is 13.6. The topological polar surface area (TPSA) is 31.4 Å². The predicted molar refractivity (Wildman–Crippen MR) is 74.8 cm³/mol. The smallest absolute Gasteiger partial charge is 0.399 e. The van der Waals surface area contributed by atoms with Gasteiger partial charge in [-0.1, -0.05) is 12.6 Å². The van der Waals surface area contributed by atoms with Gasteiger partial charge in [-0.25, -0.2) is 0 Å². The van der Waals surface area contributed by atoms with E-state index in [1.807, 2.05) is 46.8 Å². The van der Waals surface area contributed by atoms with Crippen molar-refractivity contribution in [1.29, 1.82) is 0 Å². The van der Waals surface area contributed by atoms with Crippen LogP contribution in [0.25, 0.3) is 6.08 Å². The third kappa shape index (κ3) is 2.11. The molecule has 0 N–H and O–H groups in total. The molecule has 0 amide bonds. The maximum absolute atomic E-state index is 6.02. The van der Waals surface area contributed by atoms with Crippen LogP contribution >= 0.6 is 0 Å². The molecule has 0 bridgehead atoms. The van der Waals surface area contributed by atoms with E-state index in [-0.39, 0.29) is 18.3 Å². The first-order chi connectivity index (χ1) is 8.27. The predicted octanol–water partition coefficient (Wildman–Crippen LogP) is 2.33. The van der Waals surface area contributed by atoms with E-state index < -0.39 is 0 Å². The van der Waals surface area contributed by atoms with Crippen molar-refractivity contribution in [2.24, 2.45) is 0 Å². The molecule has 1 aliphatic rings. The molecule has 2 heterocycles. The molecule has 0 atom stereocenters. The summed E-state index contributed by atoms with van der Waals surface area (Å²) in [7, 11) is -0.346. The summed E-state index contributed by atoms with van der Waals surface area (Å²) in [6.07, 6.45) is 1.74. The Hall–Kier alpha value is -1.13. The molecular formula is C14H20BNO2. The second kappa shape index (κ2) is 4.21. The second-order valence-corrected chi connectivity index (χ2v) is 5.70. The van der Waals surface area contributed by atoms with Crippen molar-refractivity contribution >= 4 is 18.7 Å². The SMILES string of the molecule is C=Cc1ccc(B2OC(C)(C)C(C)(C)O2)c(C)n1. The lowest BCUT2D eigenvalue weighted by molar-refractivity contribution is 0.00578. The fourth-order valence-electron chi connectivity index (χ4n) is 1.92. The van der Waals surface area contributed by atoms with Gasteiger partial charge in [-0.15, -0.1) is 0 Å². The Balaban J connectivity index is 2.32. The first-order valence-corrected chi connectivity index (χ1v) is 6.22. The summed E-state index contributed by atoms with van der Waals surface area (Å²) in [5, 5.41) is 0. The van der Waals surface area contributed by atoms with Crippen molar-refractivity contribution in [3.05, 3.63) is 30.1 Å². The van der Waals surface area contributed by atoms with Crippen molar-refractivity contribution in [3.8, 4) is 0 Å². The zero-order valence-corrected chi connectivity index (χ0v) is 11.8. The number of nitrogens with zero attached hydrogens (tertiary/aromatic N) is 1. The molecule has 2 rings (SSSR count). The van der Waals surface area contributed by atoms with Crippen LogP contribution in [0.15, 0.2) is 18.7 Å². The quantitative estimate of drug-likeness (QED) is 0.749. The van der Waals surface area contributed by atoms with Gasteiger partial charge in [0.05, 0.1) is 16.9 Å². The van der Waals surface area contributed by atoms with Crippen LogP contribution in [0.4, 0.5) is 0 Å². The molecule has 0 aromatic carbocycles. The van der Waals surface area contributed by atoms with E-state index in [1.54, 1.807) is 6.08 Å². The lowest BCUT2D eigenvalue weighted by atomic mass is 9.78. The number of aryl methyl sites for hydroxylation is 1. The summed E-state index contributed by atoms with van der Waals surface area (Å²) in [4.78, 5) is 4.45. The normalized spacial score (nSPS) is 21.1. The number of rotatable bonds is 2. The monoisotopic (exact) mass is 245 g/mol. The summed E-state index contributed by atoms with van der Waals surface area (Å²) in [6.45, 7) is 13.9. The van der Waals surface area contributed by atoms with Crippen LogP contribution in [0.1, 0.15) is 39.1 Å². The number of pyridine rings is 1. The highest BCUT2D eigenvalue weighted by Gasteiger charge is 2.52. The van der Waals surface area contributed by atoms with Crippen molar-refractivity contribution in [2.75, 3.05) is 0 Å². The standard InChI is InChI=1S/C14H20BNO2/c1-7-11-8-9-12(10(2)16-11)15-17-13(3,4)14(5,6)18-15/h7-9H,1H2,2-6H3. The minimum Gasteiger partial charge on any atom is -0.399 e. The highest BCUT2D eigenvalue weighted by molar-refractivity contribution is 6.62. The number of hydrogen-bond acceptors (Lipinski definition) is 3. The maximum Gasteiger partial charge on any atom is 0.496 e. The van der Waals surface area contributed by atoms with Gasteiger partial charge < -0.3 is 9.31 Å². The second-order valence-electron chi connectivity index (χ2n) is 5.70. The van der Waals surface area contributed by atoms with E-state index in [0.29, 0.717) is 0 Å². The summed E-state index contributed by atoms with van der Waals surface area (Å²) in [5.74, 6) is 0. The molecule has 1 aromatic heterocycles. The molecule has 1 aromatic rings. The molecule has 96 valence electrons. The first kappa shape index (κ1) is 13.3. The van der Waals surface area contributed by atoms with Crippen LogP contribution in [0, 0.1) is 6.92 Å². The molecule has 3 nitrogen and oxygen atoms in total. The van der Waals surface area contributed by atoms with Gasteiger partial charge in [0, 0.05) is 11.2 Å². The molecule has 0 saturated carbocycles. The van der Waals surface area contributed by atoms with E-state index in [9.17, 15) is 0 Å². The fourth-order valence-corrected chi connectivity index (χ4v) is 1.92. The minimum absolute atomic E-state index is 0.318. The Bertz CT molecular complexity index is 467. The van der Waals surface area contributed by atoms with Crippen LogP contribution < -0.4 is 5.46 Å². The Morgan fingerprint density at radius 3 is 2.17 bits per heavy atom. The van der Waals surface area contributed by atoms with Gasteiger partial charge in [0.25, 0.3) is 0 Å². The maximum atomic E-state index is 6.02. The van der Waals surface area contributed by atoms with Crippen LogP contribution in [-0.4, -0.2) is 23.3 Å². The van der Waals surface area contributed by atoms with Crippen LogP contribution in [0.5, 0.6) is 0 Å². The first-order valence-electron chi connectivity index (χ1n) is 6.22. The highest BCUT2D eigenvalue weighted by Crippen LogP contribution is 2.36. The number of aromatic nitrogens is 1. The molecule has 0 radical (unpaired) electrons. The molecule has 1 aliphatic heterocycles. The lowest BCUT2D eigenvalue weighted by Crippen LogP contribution is -2.41. The van der Waals surface area contributed by atoms with E-state index in [1.165, 1.54) is 0 Å². The van der Waals surface area contributed by atoms with Gasteiger partial charge in [-0.05, 0) is 46.8 Å². The average molecular weight is 245 g/mol. The van der Waals surface area contributed by atoms with Gasteiger partial charge in [0.1, 0.15) is 0 Å². The average Bonchev–Trinajstić information content (AvgIpc) is 2.47. The van der Waals surface area contributed by atoms with Crippen LogP contribution in [0.2, 0.25) is 0 Å². The zero-order valence-electron chi connectivity index (χ0n) is 11.8. The summed E-state index contributed by atoms with van der Waals surface area (Å²) >= 11 is 0. The van der Waals surface area contributed by atoms with Crippen molar-refractivity contribution < 1.29 is 9.31 Å². The minimum atomic E-state index is -0.346. The van der Waals surface area contributed by atoms with E-state index >= 15 is 0 Å². The van der Waals surface area contributed by atoms with E-state index in [4.69, 9.17) is 9.31 Å². The Morgan fingerprint density at radius 1 is 1.17 bits per heavy atom. The fraction of sp³-hybridized carbons (Fsp3) is 0.500. The van der Waals surface area contributed by atoms with Gasteiger partial charge in [-0.2, -0.15) is 0 Å². The molecule has 1 fully saturated rings. The Morgan fingerprint density at radius 2 is 1.72 bits per heavy atom. The molecule has 18 heavy (non-hydrogen) atoms. The lowest BCUT2D eigenvalue weighted by Gasteiger charge is -2.32. The summed E-state index contributed by atoms with van der Waals surface area (Å²) in [5.41, 5.74) is 2.14. The van der Waals surface area contributed by atoms with Gasteiger partial charge in [0.15, 0.2) is 0 Å². The molecule has 0 unspecified atom stereocenters. The largest absolute Gasteiger partial charge is 0.496 e. The van der Waals surface area contributed by atoms with Crippen LogP contribution in [-0.2, 0) is 9.31 Å².